The molecule has 0 radical (unpaired) electrons. The molecule has 0 aliphatic heterocycles. The van der Waals surface area contributed by atoms with Crippen LogP contribution in [0.1, 0.15) is 11.1 Å². The van der Waals surface area contributed by atoms with E-state index in [1.165, 1.54) is 17.8 Å². The molecular formula is C14H12FN3S. The van der Waals surface area contributed by atoms with Crippen molar-refractivity contribution < 1.29 is 4.39 Å². The molecule has 3 nitrogen and oxygen atoms in total. The lowest BCUT2D eigenvalue weighted by Gasteiger charge is -2.02. The van der Waals surface area contributed by atoms with E-state index in [4.69, 9.17) is 5.73 Å². The van der Waals surface area contributed by atoms with E-state index in [0.717, 1.165) is 5.56 Å². The standard InChI is InChI=1S/C14H12FN3S/c15-13-5-4-11(9-12(13)3-1-6-16)10-19-14-17-7-2-8-18-14/h2,4-5,7-9H,6,10,16H2. The van der Waals surface area contributed by atoms with Crippen molar-refractivity contribution in [2.75, 3.05) is 6.54 Å². The van der Waals surface area contributed by atoms with Crippen molar-refractivity contribution in [1.29, 1.82) is 0 Å². The number of rotatable bonds is 3. The lowest BCUT2D eigenvalue weighted by Crippen LogP contribution is -1.94. The van der Waals surface area contributed by atoms with Crippen LogP contribution in [0.2, 0.25) is 0 Å². The molecule has 0 spiro atoms. The molecule has 0 aliphatic rings. The highest BCUT2D eigenvalue weighted by Crippen LogP contribution is 2.20. The summed E-state index contributed by atoms with van der Waals surface area (Å²) in [5, 5.41) is 0.696. The minimum atomic E-state index is -0.328. The highest BCUT2D eigenvalue weighted by atomic mass is 32.2. The van der Waals surface area contributed by atoms with E-state index in [1.807, 2.05) is 0 Å². The van der Waals surface area contributed by atoms with Gasteiger partial charge in [0.2, 0.25) is 0 Å². The molecule has 0 saturated heterocycles. The van der Waals surface area contributed by atoms with Gasteiger partial charge in [0.25, 0.3) is 0 Å². The second kappa shape index (κ2) is 6.88. The van der Waals surface area contributed by atoms with Crippen LogP contribution in [-0.2, 0) is 5.75 Å². The van der Waals surface area contributed by atoms with Crippen LogP contribution in [0.15, 0.2) is 41.8 Å². The van der Waals surface area contributed by atoms with Crippen LogP contribution >= 0.6 is 11.8 Å². The van der Waals surface area contributed by atoms with Gasteiger partial charge in [-0.15, -0.1) is 0 Å². The highest BCUT2D eigenvalue weighted by molar-refractivity contribution is 7.98. The maximum atomic E-state index is 13.5. The summed E-state index contributed by atoms with van der Waals surface area (Å²) in [5.41, 5.74) is 6.63. The van der Waals surface area contributed by atoms with E-state index in [1.54, 1.807) is 30.6 Å². The van der Waals surface area contributed by atoms with Gasteiger partial charge in [0.15, 0.2) is 5.16 Å². The second-order valence-electron chi connectivity index (χ2n) is 3.64. The topological polar surface area (TPSA) is 51.8 Å². The van der Waals surface area contributed by atoms with Crippen molar-refractivity contribution in [2.24, 2.45) is 5.73 Å². The summed E-state index contributed by atoms with van der Waals surface area (Å²) < 4.78 is 13.5. The predicted molar refractivity (Wildman–Crippen MR) is 73.9 cm³/mol. The number of aromatic nitrogens is 2. The first kappa shape index (κ1) is 13.5. The zero-order chi connectivity index (χ0) is 13.5. The summed E-state index contributed by atoms with van der Waals surface area (Å²) in [6, 6.07) is 6.65. The normalized spacial score (nSPS) is 9.79. The number of halogens is 1. The first-order valence-electron chi connectivity index (χ1n) is 5.67. The highest BCUT2D eigenvalue weighted by Gasteiger charge is 2.03. The minimum Gasteiger partial charge on any atom is -0.320 e. The molecule has 1 heterocycles. The van der Waals surface area contributed by atoms with Crippen molar-refractivity contribution in [3.8, 4) is 11.8 Å². The third kappa shape index (κ3) is 4.05. The van der Waals surface area contributed by atoms with Gasteiger partial charge in [-0.25, -0.2) is 14.4 Å². The Kier molecular flexibility index (Phi) is 4.90. The molecule has 2 rings (SSSR count). The van der Waals surface area contributed by atoms with Crippen molar-refractivity contribution in [3.05, 3.63) is 53.6 Å². The lowest BCUT2D eigenvalue weighted by atomic mass is 10.1. The van der Waals surface area contributed by atoms with Crippen LogP contribution < -0.4 is 5.73 Å². The Morgan fingerprint density at radius 2 is 2.05 bits per heavy atom. The molecule has 0 unspecified atom stereocenters. The molecule has 19 heavy (non-hydrogen) atoms. The van der Waals surface area contributed by atoms with Gasteiger partial charge in [-0.3, -0.25) is 0 Å². The van der Waals surface area contributed by atoms with Crippen LogP contribution in [0, 0.1) is 17.7 Å². The number of thioether (sulfide) groups is 1. The Morgan fingerprint density at radius 3 is 2.79 bits per heavy atom. The van der Waals surface area contributed by atoms with Crippen molar-refractivity contribution >= 4 is 11.8 Å². The van der Waals surface area contributed by atoms with Crippen LogP contribution in [0.5, 0.6) is 0 Å². The van der Waals surface area contributed by atoms with Crippen LogP contribution in [0.3, 0.4) is 0 Å². The number of nitrogens with zero attached hydrogens (tertiary/aromatic N) is 2. The second-order valence-corrected chi connectivity index (χ2v) is 4.58. The minimum absolute atomic E-state index is 0.219. The monoisotopic (exact) mass is 273 g/mol. The zero-order valence-corrected chi connectivity index (χ0v) is 11.0. The van der Waals surface area contributed by atoms with Gasteiger partial charge in [-0.2, -0.15) is 0 Å². The molecule has 0 amide bonds. The molecule has 0 aliphatic carbocycles. The Labute approximate surface area is 115 Å². The summed E-state index contributed by atoms with van der Waals surface area (Å²) in [4.78, 5) is 8.23. The van der Waals surface area contributed by atoms with Gasteiger partial charge in [-0.05, 0) is 23.8 Å². The molecule has 2 N–H and O–H groups in total. The quantitative estimate of drug-likeness (QED) is 0.529. The molecule has 5 heteroatoms. The fourth-order valence-corrected chi connectivity index (χ4v) is 2.16. The smallest absolute Gasteiger partial charge is 0.187 e. The Morgan fingerprint density at radius 1 is 1.26 bits per heavy atom. The van der Waals surface area contributed by atoms with Crippen molar-refractivity contribution in [3.63, 3.8) is 0 Å². The summed E-state index contributed by atoms with van der Waals surface area (Å²) >= 11 is 1.49. The molecule has 96 valence electrons. The molecule has 2 aromatic rings. The van der Waals surface area contributed by atoms with Crippen LogP contribution in [0.4, 0.5) is 4.39 Å². The van der Waals surface area contributed by atoms with Crippen LogP contribution in [-0.4, -0.2) is 16.5 Å². The first-order chi connectivity index (χ1) is 9.29. The lowest BCUT2D eigenvalue weighted by molar-refractivity contribution is 0.624. The number of hydrogen-bond donors (Lipinski definition) is 1. The Bertz CT molecular complexity index is 605. The van der Waals surface area contributed by atoms with Gasteiger partial charge < -0.3 is 5.73 Å². The molecule has 0 atom stereocenters. The van der Waals surface area contributed by atoms with E-state index < -0.39 is 0 Å². The SMILES string of the molecule is NCC#Cc1cc(CSc2ncccn2)ccc1F. The molecule has 1 aromatic heterocycles. The average Bonchev–Trinajstić information content (AvgIpc) is 2.46. The number of hydrogen-bond acceptors (Lipinski definition) is 4. The summed E-state index contributed by atoms with van der Waals surface area (Å²) in [5.74, 6) is 5.71. The fraction of sp³-hybridized carbons (Fsp3) is 0.143. The van der Waals surface area contributed by atoms with Gasteiger partial charge in [0, 0.05) is 18.1 Å². The summed E-state index contributed by atoms with van der Waals surface area (Å²) in [6.07, 6.45) is 3.39. The molecule has 0 saturated carbocycles. The summed E-state index contributed by atoms with van der Waals surface area (Å²) in [7, 11) is 0. The van der Waals surface area contributed by atoms with E-state index in [2.05, 4.69) is 21.8 Å². The van der Waals surface area contributed by atoms with Gasteiger partial charge in [-0.1, -0.05) is 29.7 Å². The van der Waals surface area contributed by atoms with Crippen molar-refractivity contribution in [1.82, 2.24) is 9.97 Å². The van der Waals surface area contributed by atoms with Crippen molar-refractivity contribution in [2.45, 2.75) is 10.9 Å². The largest absolute Gasteiger partial charge is 0.320 e. The average molecular weight is 273 g/mol. The Hall–Kier alpha value is -1.90. The van der Waals surface area contributed by atoms with Gasteiger partial charge in [0.1, 0.15) is 5.82 Å². The van der Waals surface area contributed by atoms with E-state index in [9.17, 15) is 4.39 Å². The first-order valence-corrected chi connectivity index (χ1v) is 6.65. The van der Waals surface area contributed by atoms with E-state index >= 15 is 0 Å². The fourth-order valence-electron chi connectivity index (χ4n) is 1.41. The Balaban J connectivity index is 2.09. The maximum Gasteiger partial charge on any atom is 0.187 e. The maximum absolute atomic E-state index is 13.5. The van der Waals surface area contributed by atoms with E-state index in [0.29, 0.717) is 16.5 Å². The molecule has 0 bridgehead atoms. The third-order valence-electron chi connectivity index (χ3n) is 2.27. The zero-order valence-electron chi connectivity index (χ0n) is 10.1. The van der Waals surface area contributed by atoms with Gasteiger partial charge in [0.05, 0.1) is 12.1 Å². The van der Waals surface area contributed by atoms with Crippen LogP contribution in [0.25, 0.3) is 0 Å². The molecule has 0 fully saturated rings. The third-order valence-corrected chi connectivity index (χ3v) is 3.21. The molecular weight excluding hydrogens is 261 g/mol. The number of nitrogens with two attached hydrogens (primary N) is 1. The molecule has 1 aromatic carbocycles. The predicted octanol–water partition coefficient (Wildman–Crippen LogP) is 2.22. The number of benzene rings is 1. The van der Waals surface area contributed by atoms with E-state index in [-0.39, 0.29) is 12.4 Å². The summed E-state index contributed by atoms with van der Waals surface area (Å²) in [6.45, 7) is 0.219. The van der Waals surface area contributed by atoms with Gasteiger partial charge >= 0.3 is 0 Å².